The Hall–Kier alpha value is -1.52. The zero-order valence-electron chi connectivity index (χ0n) is 11.2. The van der Waals surface area contributed by atoms with Crippen LogP contribution < -0.4 is 0 Å². The van der Waals surface area contributed by atoms with Gasteiger partial charge in [0.15, 0.2) is 5.95 Å². The number of rotatable bonds is 3. The molecule has 0 spiro atoms. The predicted molar refractivity (Wildman–Crippen MR) is 72.9 cm³/mol. The Morgan fingerprint density at radius 2 is 2.16 bits per heavy atom. The first-order valence-electron chi connectivity index (χ1n) is 7.18. The summed E-state index contributed by atoms with van der Waals surface area (Å²) in [5.41, 5.74) is 9.67. The zero-order valence-corrected chi connectivity index (χ0v) is 11.2. The molecule has 19 heavy (non-hydrogen) atoms. The molecule has 2 heterocycles. The van der Waals surface area contributed by atoms with E-state index in [1.807, 2.05) is 10.8 Å². The van der Waals surface area contributed by atoms with E-state index in [0.717, 1.165) is 25.6 Å². The molecule has 1 aromatic rings. The van der Waals surface area contributed by atoms with Gasteiger partial charge in [0, 0.05) is 37.3 Å². The number of hydrogen-bond donors (Lipinski definition) is 0. The fourth-order valence-electron chi connectivity index (χ4n) is 3.33. The number of aromatic nitrogens is 2. The molecular formula is C13H20N6. The van der Waals surface area contributed by atoms with Crippen LogP contribution in [-0.2, 0) is 13.1 Å². The van der Waals surface area contributed by atoms with Crippen LogP contribution in [0.25, 0.3) is 10.4 Å². The molecule has 1 aliphatic heterocycles. The van der Waals surface area contributed by atoms with Crippen molar-refractivity contribution in [3.05, 3.63) is 22.3 Å². The minimum Gasteiger partial charge on any atom is -0.324 e. The first-order valence-corrected chi connectivity index (χ1v) is 7.18. The van der Waals surface area contributed by atoms with Gasteiger partial charge in [-0.3, -0.25) is 4.90 Å². The summed E-state index contributed by atoms with van der Waals surface area (Å²) in [7, 11) is 0. The van der Waals surface area contributed by atoms with Crippen LogP contribution in [0.3, 0.4) is 0 Å². The van der Waals surface area contributed by atoms with Gasteiger partial charge in [-0.2, -0.15) is 0 Å². The third kappa shape index (κ3) is 2.74. The molecule has 3 rings (SSSR count). The van der Waals surface area contributed by atoms with Crippen molar-refractivity contribution in [3.8, 4) is 0 Å². The van der Waals surface area contributed by atoms with Gasteiger partial charge in [-0.05, 0) is 29.4 Å². The van der Waals surface area contributed by atoms with Gasteiger partial charge in [-0.1, -0.05) is 19.3 Å². The maximum Gasteiger partial charge on any atom is 0.197 e. The van der Waals surface area contributed by atoms with Gasteiger partial charge in [-0.15, -0.1) is 0 Å². The van der Waals surface area contributed by atoms with Gasteiger partial charge in [-0.25, -0.2) is 4.98 Å². The molecule has 0 unspecified atom stereocenters. The zero-order chi connectivity index (χ0) is 13.1. The molecule has 0 bridgehead atoms. The van der Waals surface area contributed by atoms with Gasteiger partial charge < -0.3 is 4.57 Å². The third-order valence-electron chi connectivity index (χ3n) is 4.32. The summed E-state index contributed by atoms with van der Waals surface area (Å²) < 4.78 is 2.04. The topological polar surface area (TPSA) is 69.8 Å². The fourth-order valence-corrected chi connectivity index (χ4v) is 3.33. The molecule has 102 valence electrons. The lowest BCUT2D eigenvalue weighted by Crippen LogP contribution is -2.37. The average molecular weight is 260 g/mol. The maximum absolute atomic E-state index is 8.50. The Kier molecular flexibility index (Phi) is 3.71. The Morgan fingerprint density at radius 1 is 1.32 bits per heavy atom. The summed E-state index contributed by atoms with van der Waals surface area (Å²) in [6, 6.07) is 0. The van der Waals surface area contributed by atoms with E-state index in [4.69, 9.17) is 5.53 Å². The molecule has 6 nitrogen and oxygen atoms in total. The molecule has 6 heteroatoms. The van der Waals surface area contributed by atoms with Crippen LogP contribution in [0.15, 0.2) is 11.3 Å². The van der Waals surface area contributed by atoms with Crippen molar-refractivity contribution >= 4 is 5.95 Å². The van der Waals surface area contributed by atoms with E-state index >= 15 is 0 Å². The van der Waals surface area contributed by atoms with Gasteiger partial charge in [0.05, 0.1) is 5.69 Å². The molecule has 0 amide bonds. The normalized spacial score (nSPS) is 20.8. The lowest BCUT2D eigenvalue weighted by Gasteiger charge is -2.33. The van der Waals surface area contributed by atoms with Crippen LogP contribution in [0, 0.1) is 5.92 Å². The number of imidazole rings is 1. The SMILES string of the molecule is [N-]=[N+]=Nc1ncc2n1CCN(CC1CCCCC1)C2. The lowest BCUT2D eigenvalue weighted by molar-refractivity contribution is 0.168. The van der Waals surface area contributed by atoms with Crippen LogP contribution in [0.1, 0.15) is 37.8 Å². The Morgan fingerprint density at radius 3 is 2.95 bits per heavy atom. The molecule has 2 aliphatic rings. The smallest absolute Gasteiger partial charge is 0.197 e. The molecule has 0 radical (unpaired) electrons. The monoisotopic (exact) mass is 260 g/mol. The molecule has 0 N–H and O–H groups in total. The minimum atomic E-state index is 0.509. The number of fused-ring (bicyclic) bond motifs is 1. The number of azide groups is 1. The van der Waals surface area contributed by atoms with E-state index in [0.29, 0.717) is 5.95 Å². The second-order valence-electron chi connectivity index (χ2n) is 5.63. The van der Waals surface area contributed by atoms with Crippen molar-refractivity contribution in [2.75, 3.05) is 13.1 Å². The predicted octanol–water partition coefficient (Wildman–Crippen LogP) is 3.22. The van der Waals surface area contributed by atoms with Crippen molar-refractivity contribution in [1.82, 2.24) is 14.5 Å². The van der Waals surface area contributed by atoms with Crippen molar-refractivity contribution < 1.29 is 0 Å². The quantitative estimate of drug-likeness (QED) is 0.475. The summed E-state index contributed by atoms with van der Waals surface area (Å²) in [5.74, 6) is 1.38. The Bertz CT molecular complexity index is 481. The molecule has 0 atom stereocenters. The maximum atomic E-state index is 8.50. The molecule has 1 saturated carbocycles. The first-order chi connectivity index (χ1) is 9.36. The highest BCUT2D eigenvalue weighted by Gasteiger charge is 2.22. The van der Waals surface area contributed by atoms with Gasteiger partial charge in [0.2, 0.25) is 0 Å². The largest absolute Gasteiger partial charge is 0.324 e. The lowest BCUT2D eigenvalue weighted by atomic mass is 9.89. The van der Waals surface area contributed by atoms with Crippen molar-refractivity contribution in [2.24, 2.45) is 11.0 Å². The van der Waals surface area contributed by atoms with Crippen LogP contribution in [-0.4, -0.2) is 27.5 Å². The van der Waals surface area contributed by atoms with Crippen LogP contribution >= 0.6 is 0 Å². The van der Waals surface area contributed by atoms with Crippen molar-refractivity contribution in [1.29, 1.82) is 0 Å². The van der Waals surface area contributed by atoms with E-state index in [2.05, 4.69) is 19.9 Å². The summed E-state index contributed by atoms with van der Waals surface area (Å²) in [6.07, 6.45) is 8.84. The van der Waals surface area contributed by atoms with E-state index in [1.165, 1.54) is 44.3 Å². The Labute approximate surface area is 113 Å². The van der Waals surface area contributed by atoms with Crippen LogP contribution in [0.2, 0.25) is 0 Å². The van der Waals surface area contributed by atoms with E-state index < -0.39 is 0 Å². The second kappa shape index (κ2) is 5.63. The molecule has 0 saturated heterocycles. The second-order valence-corrected chi connectivity index (χ2v) is 5.63. The van der Waals surface area contributed by atoms with E-state index in [1.54, 1.807) is 0 Å². The molecular weight excluding hydrogens is 240 g/mol. The number of nitrogens with zero attached hydrogens (tertiary/aromatic N) is 6. The van der Waals surface area contributed by atoms with E-state index in [-0.39, 0.29) is 0 Å². The van der Waals surface area contributed by atoms with Crippen LogP contribution in [0.4, 0.5) is 5.95 Å². The minimum absolute atomic E-state index is 0.509. The molecule has 1 fully saturated rings. The highest BCUT2D eigenvalue weighted by molar-refractivity contribution is 5.23. The van der Waals surface area contributed by atoms with Crippen molar-refractivity contribution in [2.45, 2.75) is 45.2 Å². The van der Waals surface area contributed by atoms with Crippen molar-refractivity contribution in [3.63, 3.8) is 0 Å². The number of hydrogen-bond acceptors (Lipinski definition) is 3. The highest BCUT2D eigenvalue weighted by atomic mass is 15.3. The third-order valence-corrected chi connectivity index (χ3v) is 4.32. The van der Waals surface area contributed by atoms with Gasteiger partial charge in [0.25, 0.3) is 0 Å². The molecule has 1 aliphatic carbocycles. The average Bonchev–Trinajstić information content (AvgIpc) is 2.83. The fraction of sp³-hybridized carbons (Fsp3) is 0.769. The molecule has 1 aromatic heterocycles. The molecule has 0 aromatic carbocycles. The van der Waals surface area contributed by atoms with E-state index in [9.17, 15) is 0 Å². The summed E-state index contributed by atoms with van der Waals surface area (Å²) in [6.45, 7) is 4.07. The summed E-state index contributed by atoms with van der Waals surface area (Å²) in [5, 5.41) is 3.63. The standard InChI is InChI=1S/C13H20N6/c14-17-16-13-15-8-12-10-18(6-7-19(12)13)9-11-4-2-1-3-5-11/h8,11H,1-7,9-10H2. The van der Waals surface area contributed by atoms with Gasteiger partial charge >= 0.3 is 0 Å². The van der Waals surface area contributed by atoms with Crippen LogP contribution in [0.5, 0.6) is 0 Å². The van der Waals surface area contributed by atoms with Gasteiger partial charge in [0.1, 0.15) is 0 Å². The highest BCUT2D eigenvalue weighted by Crippen LogP contribution is 2.26. The Balaban J connectivity index is 1.63. The summed E-state index contributed by atoms with van der Waals surface area (Å²) in [4.78, 5) is 9.53. The first kappa shape index (κ1) is 12.5. The summed E-state index contributed by atoms with van der Waals surface area (Å²) >= 11 is 0.